The van der Waals surface area contributed by atoms with Gasteiger partial charge < -0.3 is 45.0 Å². The minimum atomic E-state index is -4.64. The summed E-state index contributed by atoms with van der Waals surface area (Å²) in [7, 11) is -9.28. The minimum absolute atomic E-state index is 0.221. The van der Waals surface area contributed by atoms with E-state index in [9.17, 15) is 4.79 Å². The Hall–Kier alpha value is -1.13. The molecule has 0 spiro atoms. The van der Waals surface area contributed by atoms with Gasteiger partial charge in [-0.1, -0.05) is 12.1 Å². The molecule has 1 atom stereocenters. The predicted octanol–water partition coefficient (Wildman–Crippen LogP) is -1.40. The standard InChI is InChI=1S/C9H11NO2.2H3O4P/c10-8(6-11)5-7-1-3-9(12)4-2-7;2*1-5(2,3)4/h1-4,6,8,12H,5,10H2;2*(H3,1,2,3,4). The summed E-state index contributed by atoms with van der Waals surface area (Å²) in [5.41, 5.74) is 6.36. The molecule has 0 heterocycles. The highest BCUT2D eigenvalue weighted by Gasteiger charge is 2.01. The molecule has 0 bridgehead atoms. The van der Waals surface area contributed by atoms with E-state index in [1.54, 1.807) is 24.3 Å². The lowest BCUT2D eigenvalue weighted by molar-refractivity contribution is -0.108. The van der Waals surface area contributed by atoms with Crippen LogP contribution in [0, 0.1) is 0 Å². The number of hydrogen-bond acceptors (Lipinski definition) is 5. The van der Waals surface area contributed by atoms with Crippen LogP contribution in [0.3, 0.4) is 0 Å². The molecule has 1 unspecified atom stereocenters. The molecule has 1 aromatic rings. The van der Waals surface area contributed by atoms with Crippen LogP contribution in [-0.4, -0.2) is 46.8 Å². The molecule has 11 nitrogen and oxygen atoms in total. The molecule has 0 fully saturated rings. The SMILES string of the molecule is NC(C=O)Cc1ccc(O)cc1.O=P(O)(O)O.O=P(O)(O)O. The van der Waals surface area contributed by atoms with E-state index >= 15 is 0 Å². The van der Waals surface area contributed by atoms with Gasteiger partial charge in [0, 0.05) is 0 Å². The third-order valence-corrected chi connectivity index (χ3v) is 1.58. The van der Waals surface area contributed by atoms with Crippen LogP contribution in [-0.2, 0) is 20.3 Å². The van der Waals surface area contributed by atoms with Crippen molar-refractivity contribution in [3.63, 3.8) is 0 Å². The monoisotopic (exact) mass is 361 g/mol. The Balaban J connectivity index is 0. The number of phenols is 1. The molecular formula is C9H17NO10P2. The third kappa shape index (κ3) is 27.3. The van der Waals surface area contributed by atoms with Crippen LogP contribution in [0.5, 0.6) is 5.75 Å². The first-order valence-electron chi connectivity index (χ1n) is 5.27. The number of carbonyl (C=O) groups excluding carboxylic acids is 1. The maximum atomic E-state index is 10.2. The lowest BCUT2D eigenvalue weighted by Crippen LogP contribution is -2.23. The van der Waals surface area contributed by atoms with Gasteiger partial charge in [-0.3, -0.25) is 0 Å². The molecule has 1 aromatic carbocycles. The highest BCUT2D eigenvalue weighted by molar-refractivity contribution is 7.45. The first-order chi connectivity index (χ1) is 9.72. The molecule has 0 radical (unpaired) electrons. The maximum Gasteiger partial charge on any atom is 0.466 e. The number of phosphoric acid groups is 2. The van der Waals surface area contributed by atoms with Crippen molar-refractivity contribution < 1.29 is 48.4 Å². The van der Waals surface area contributed by atoms with Crippen molar-refractivity contribution in [3.8, 4) is 5.75 Å². The van der Waals surface area contributed by atoms with Gasteiger partial charge in [-0.2, -0.15) is 0 Å². The second kappa shape index (κ2) is 10.6. The van der Waals surface area contributed by atoms with E-state index < -0.39 is 21.7 Å². The number of nitrogens with two attached hydrogens (primary N) is 1. The fraction of sp³-hybridized carbons (Fsp3) is 0.222. The third-order valence-electron chi connectivity index (χ3n) is 1.58. The molecule has 0 saturated carbocycles. The Morgan fingerprint density at radius 1 is 0.955 bits per heavy atom. The Bertz CT molecular complexity index is 485. The summed E-state index contributed by atoms with van der Waals surface area (Å²) >= 11 is 0. The van der Waals surface area contributed by atoms with E-state index in [1.807, 2.05) is 0 Å². The van der Waals surface area contributed by atoms with Crippen LogP contribution < -0.4 is 5.73 Å². The zero-order valence-electron chi connectivity index (χ0n) is 11.0. The molecule has 0 aliphatic carbocycles. The first-order valence-corrected chi connectivity index (χ1v) is 8.40. The van der Waals surface area contributed by atoms with Gasteiger partial charge in [0.15, 0.2) is 0 Å². The average Bonchev–Trinajstić information content (AvgIpc) is 2.27. The van der Waals surface area contributed by atoms with Gasteiger partial charge in [0.1, 0.15) is 12.0 Å². The van der Waals surface area contributed by atoms with E-state index in [1.165, 1.54) is 0 Å². The zero-order valence-corrected chi connectivity index (χ0v) is 12.8. The fourth-order valence-corrected chi connectivity index (χ4v) is 0.952. The minimum Gasteiger partial charge on any atom is -0.508 e. The number of phenolic OH excluding ortho intramolecular Hbond substituents is 1. The molecule has 0 aliphatic heterocycles. The molecule has 0 aromatic heterocycles. The number of hydrogen-bond donors (Lipinski definition) is 8. The molecule has 128 valence electrons. The predicted molar refractivity (Wildman–Crippen MR) is 74.4 cm³/mol. The van der Waals surface area contributed by atoms with Crippen molar-refractivity contribution in [2.24, 2.45) is 5.73 Å². The molecule has 13 heteroatoms. The van der Waals surface area contributed by atoms with Gasteiger partial charge in [0.2, 0.25) is 0 Å². The largest absolute Gasteiger partial charge is 0.508 e. The van der Waals surface area contributed by atoms with Crippen molar-refractivity contribution in [1.82, 2.24) is 0 Å². The fourth-order valence-electron chi connectivity index (χ4n) is 0.952. The van der Waals surface area contributed by atoms with E-state index in [4.69, 9.17) is 49.3 Å². The van der Waals surface area contributed by atoms with Crippen LogP contribution in [0.2, 0.25) is 0 Å². The van der Waals surface area contributed by atoms with E-state index in [-0.39, 0.29) is 5.75 Å². The van der Waals surface area contributed by atoms with E-state index in [0.29, 0.717) is 12.7 Å². The average molecular weight is 361 g/mol. The Kier molecular flexibility index (Phi) is 11.1. The van der Waals surface area contributed by atoms with Gasteiger partial charge in [-0.25, -0.2) is 9.13 Å². The lowest BCUT2D eigenvalue weighted by Gasteiger charge is -2.03. The summed E-state index contributed by atoms with van der Waals surface area (Å²) in [6.07, 6.45) is 1.23. The van der Waals surface area contributed by atoms with E-state index in [2.05, 4.69) is 0 Å². The summed E-state index contributed by atoms with van der Waals surface area (Å²) in [4.78, 5) is 53.3. The summed E-state index contributed by atoms with van der Waals surface area (Å²) in [5, 5.41) is 8.95. The molecule has 0 aliphatic rings. The first kappa shape index (κ1) is 23.1. The molecule has 9 N–H and O–H groups in total. The van der Waals surface area contributed by atoms with Crippen LogP contribution in [0.4, 0.5) is 0 Å². The highest BCUT2D eigenvalue weighted by Crippen LogP contribution is 2.26. The van der Waals surface area contributed by atoms with Gasteiger partial charge in [0.05, 0.1) is 6.04 Å². The topological polar surface area (TPSA) is 219 Å². The zero-order chi connectivity index (χ0) is 18.0. The lowest BCUT2D eigenvalue weighted by atomic mass is 10.1. The molecule has 0 saturated heterocycles. The normalized spacial score (nSPS) is 12.1. The Morgan fingerprint density at radius 2 is 1.27 bits per heavy atom. The van der Waals surface area contributed by atoms with Crippen LogP contribution >= 0.6 is 15.6 Å². The van der Waals surface area contributed by atoms with Crippen LogP contribution in [0.25, 0.3) is 0 Å². The molecule has 0 amide bonds. The van der Waals surface area contributed by atoms with Crippen molar-refractivity contribution in [3.05, 3.63) is 29.8 Å². The van der Waals surface area contributed by atoms with Gasteiger partial charge in [-0.15, -0.1) is 0 Å². The molecule has 22 heavy (non-hydrogen) atoms. The summed E-state index contributed by atoms with van der Waals surface area (Å²) in [5.74, 6) is 0.221. The Morgan fingerprint density at radius 3 is 1.55 bits per heavy atom. The number of rotatable bonds is 3. The number of benzene rings is 1. The van der Waals surface area contributed by atoms with Crippen LogP contribution in [0.15, 0.2) is 24.3 Å². The van der Waals surface area contributed by atoms with Crippen molar-refractivity contribution in [1.29, 1.82) is 0 Å². The van der Waals surface area contributed by atoms with Crippen molar-refractivity contribution in [2.45, 2.75) is 12.5 Å². The van der Waals surface area contributed by atoms with E-state index in [0.717, 1.165) is 5.56 Å². The second-order valence-corrected chi connectivity index (χ2v) is 5.75. The van der Waals surface area contributed by atoms with Gasteiger partial charge in [-0.05, 0) is 24.1 Å². The van der Waals surface area contributed by atoms with Gasteiger partial charge in [0.25, 0.3) is 0 Å². The number of aromatic hydroxyl groups is 1. The highest BCUT2D eigenvalue weighted by atomic mass is 31.2. The summed E-state index contributed by atoms with van der Waals surface area (Å²) in [6, 6.07) is 6.20. The maximum absolute atomic E-state index is 10.2. The number of aldehydes is 1. The van der Waals surface area contributed by atoms with Gasteiger partial charge >= 0.3 is 15.6 Å². The summed E-state index contributed by atoms with van der Waals surface area (Å²) in [6.45, 7) is 0. The summed E-state index contributed by atoms with van der Waals surface area (Å²) < 4.78 is 17.8. The molecule has 1 rings (SSSR count). The second-order valence-electron chi connectivity index (χ2n) is 3.70. The quantitative estimate of drug-likeness (QED) is 0.231. The van der Waals surface area contributed by atoms with Crippen molar-refractivity contribution in [2.75, 3.05) is 0 Å². The van der Waals surface area contributed by atoms with Crippen molar-refractivity contribution >= 4 is 21.9 Å². The Labute approximate surface area is 125 Å². The molecular weight excluding hydrogens is 344 g/mol. The van der Waals surface area contributed by atoms with Crippen LogP contribution in [0.1, 0.15) is 5.56 Å². The number of carbonyl (C=O) groups is 1. The smallest absolute Gasteiger partial charge is 0.466 e.